The SMILES string of the molecule is COc1ccc(-c2noc(CN3CCC[C@@H](C(=O)Nc4ccc(C)c(Cl)c4)C3)n2)cc1OC. The Kier molecular flexibility index (Phi) is 7.15. The largest absolute Gasteiger partial charge is 0.493 e. The van der Waals surface area contributed by atoms with Gasteiger partial charge in [-0.1, -0.05) is 22.8 Å². The number of likely N-dealkylation sites (tertiary alicyclic amines) is 1. The second kappa shape index (κ2) is 10.2. The molecule has 0 bridgehead atoms. The van der Waals surface area contributed by atoms with Crippen LogP contribution in [0.15, 0.2) is 40.9 Å². The molecule has 0 radical (unpaired) electrons. The first-order chi connectivity index (χ1) is 16.0. The van der Waals surface area contributed by atoms with Crippen molar-refractivity contribution in [3.8, 4) is 22.9 Å². The van der Waals surface area contributed by atoms with E-state index in [9.17, 15) is 4.79 Å². The van der Waals surface area contributed by atoms with E-state index < -0.39 is 0 Å². The maximum Gasteiger partial charge on any atom is 0.241 e. The molecule has 1 fully saturated rings. The van der Waals surface area contributed by atoms with Crippen LogP contribution in [0, 0.1) is 12.8 Å². The van der Waals surface area contributed by atoms with E-state index >= 15 is 0 Å². The maximum absolute atomic E-state index is 12.8. The summed E-state index contributed by atoms with van der Waals surface area (Å²) in [5.74, 6) is 2.10. The van der Waals surface area contributed by atoms with Gasteiger partial charge in [0.1, 0.15) is 0 Å². The van der Waals surface area contributed by atoms with Gasteiger partial charge in [0.15, 0.2) is 11.5 Å². The van der Waals surface area contributed by atoms with Gasteiger partial charge in [-0.2, -0.15) is 4.98 Å². The van der Waals surface area contributed by atoms with Crippen molar-refractivity contribution >= 4 is 23.2 Å². The van der Waals surface area contributed by atoms with Crippen molar-refractivity contribution in [2.45, 2.75) is 26.3 Å². The van der Waals surface area contributed by atoms with Crippen LogP contribution >= 0.6 is 11.6 Å². The molecular weight excluding hydrogens is 444 g/mol. The van der Waals surface area contributed by atoms with Gasteiger partial charge in [0.2, 0.25) is 17.6 Å². The zero-order chi connectivity index (χ0) is 23.4. The summed E-state index contributed by atoms with van der Waals surface area (Å²) in [7, 11) is 3.17. The Morgan fingerprint density at radius 3 is 2.79 bits per heavy atom. The molecule has 2 aromatic carbocycles. The fourth-order valence-electron chi connectivity index (χ4n) is 3.93. The highest BCUT2D eigenvalue weighted by molar-refractivity contribution is 6.31. The minimum Gasteiger partial charge on any atom is -0.493 e. The number of carbonyl (C=O) groups excluding carboxylic acids is 1. The molecule has 1 aliphatic heterocycles. The molecule has 1 aliphatic rings. The fraction of sp³-hybridized carbons (Fsp3) is 0.375. The monoisotopic (exact) mass is 470 g/mol. The number of carbonyl (C=O) groups is 1. The lowest BCUT2D eigenvalue weighted by Crippen LogP contribution is -2.40. The highest BCUT2D eigenvalue weighted by Gasteiger charge is 2.27. The maximum atomic E-state index is 12.8. The van der Waals surface area contributed by atoms with E-state index in [1.807, 2.05) is 31.2 Å². The molecule has 0 unspecified atom stereocenters. The van der Waals surface area contributed by atoms with Crippen LogP contribution in [0.2, 0.25) is 5.02 Å². The van der Waals surface area contributed by atoms with Crippen LogP contribution < -0.4 is 14.8 Å². The topological polar surface area (TPSA) is 89.7 Å². The number of anilines is 1. The molecule has 174 valence electrons. The van der Waals surface area contributed by atoms with Crippen molar-refractivity contribution in [1.29, 1.82) is 0 Å². The van der Waals surface area contributed by atoms with E-state index in [0.717, 1.165) is 30.5 Å². The Labute approximate surface area is 197 Å². The summed E-state index contributed by atoms with van der Waals surface area (Å²) >= 11 is 6.18. The normalized spacial score (nSPS) is 16.4. The van der Waals surface area contributed by atoms with Crippen molar-refractivity contribution in [3.63, 3.8) is 0 Å². The molecule has 1 aromatic heterocycles. The van der Waals surface area contributed by atoms with E-state index in [-0.39, 0.29) is 11.8 Å². The Bertz CT molecular complexity index is 1130. The van der Waals surface area contributed by atoms with Crippen molar-refractivity contribution in [2.24, 2.45) is 5.92 Å². The number of nitrogens with one attached hydrogen (secondary N) is 1. The molecule has 9 heteroatoms. The lowest BCUT2D eigenvalue weighted by Gasteiger charge is -2.30. The number of rotatable bonds is 7. The first kappa shape index (κ1) is 23.1. The van der Waals surface area contributed by atoms with Crippen LogP contribution in [-0.2, 0) is 11.3 Å². The lowest BCUT2D eigenvalue weighted by atomic mass is 9.97. The lowest BCUT2D eigenvalue weighted by molar-refractivity contribution is -0.121. The smallest absolute Gasteiger partial charge is 0.241 e. The number of amides is 1. The third kappa shape index (κ3) is 5.46. The summed E-state index contributed by atoms with van der Waals surface area (Å²) in [6.07, 6.45) is 1.76. The summed E-state index contributed by atoms with van der Waals surface area (Å²) in [5, 5.41) is 7.73. The number of ether oxygens (including phenoxy) is 2. The molecular formula is C24H27ClN4O4. The van der Waals surface area contributed by atoms with Gasteiger partial charge in [-0.3, -0.25) is 9.69 Å². The first-order valence-electron chi connectivity index (χ1n) is 10.8. The summed E-state index contributed by atoms with van der Waals surface area (Å²) in [4.78, 5) is 19.5. The average molecular weight is 471 g/mol. The Morgan fingerprint density at radius 2 is 2.03 bits per heavy atom. The molecule has 0 saturated carbocycles. The van der Waals surface area contributed by atoms with Gasteiger partial charge in [0, 0.05) is 22.8 Å². The minimum atomic E-state index is -0.118. The Morgan fingerprint density at radius 1 is 1.21 bits per heavy atom. The Hall–Kier alpha value is -3.10. The number of piperidine rings is 1. The predicted molar refractivity (Wildman–Crippen MR) is 126 cm³/mol. The predicted octanol–water partition coefficient (Wildman–Crippen LogP) is 4.57. The second-order valence-electron chi connectivity index (χ2n) is 8.11. The number of aryl methyl sites for hydroxylation is 1. The van der Waals surface area contributed by atoms with Gasteiger partial charge < -0.3 is 19.3 Å². The Balaban J connectivity index is 1.38. The molecule has 1 N–H and O–H groups in total. The molecule has 0 spiro atoms. The number of nitrogens with zero attached hydrogens (tertiary/aromatic N) is 3. The zero-order valence-corrected chi connectivity index (χ0v) is 19.7. The van der Waals surface area contributed by atoms with E-state index in [4.69, 9.17) is 25.6 Å². The van der Waals surface area contributed by atoms with Crippen LogP contribution in [0.1, 0.15) is 24.3 Å². The standard InChI is InChI=1S/C24H27ClN4O4/c1-15-6-8-18(12-19(15)25)26-24(30)17-5-4-10-29(13-17)14-22-27-23(28-33-22)16-7-9-20(31-2)21(11-16)32-3/h6-9,11-12,17H,4-5,10,13-14H2,1-3H3,(H,26,30)/t17-/m1/s1. The van der Waals surface area contributed by atoms with E-state index in [2.05, 4.69) is 20.4 Å². The highest BCUT2D eigenvalue weighted by Crippen LogP contribution is 2.31. The van der Waals surface area contributed by atoms with E-state index in [0.29, 0.717) is 47.0 Å². The van der Waals surface area contributed by atoms with E-state index in [1.165, 1.54) is 0 Å². The number of aromatic nitrogens is 2. The molecule has 8 nitrogen and oxygen atoms in total. The molecule has 1 saturated heterocycles. The highest BCUT2D eigenvalue weighted by atomic mass is 35.5. The molecule has 0 aliphatic carbocycles. The summed E-state index contributed by atoms with van der Waals surface area (Å²) < 4.78 is 16.1. The first-order valence-corrected chi connectivity index (χ1v) is 11.2. The van der Waals surface area contributed by atoms with Gasteiger partial charge >= 0.3 is 0 Å². The van der Waals surface area contributed by atoms with Crippen LogP contribution in [-0.4, -0.2) is 48.3 Å². The van der Waals surface area contributed by atoms with Crippen LogP contribution in [0.5, 0.6) is 11.5 Å². The number of halogens is 1. The fourth-order valence-corrected chi connectivity index (χ4v) is 4.11. The van der Waals surface area contributed by atoms with Crippen LogP contribution in [0.3, 0.4) is 0 Å². The molecule has 1 amide bonds. The number of hydrogen-bond donors (Lipinski definition) is 1. The number of methoxy groups -OCH3 is 2. The summed E-state index contributed by atoms with van der Waals surface area (Å²) in [6, 6.07) is 11.0. The summed E-state index contributed by atoms with van der Waals surface area (Å²) in [5.41, 5.74) is 2.46. The zero-order valence-electron chi connectivity index (χ0n) is 18.9. The molecule has 3 aromatic rings. The van der Waals surface area contributed by atoms with Crippen LogP contribution in [0.25, 0.3) is 11.4 Å². The molecule has 2 heterocycles. The molecule has 1 atom stereocenters. The minimum absolute atomic E-state index is 0.00355. The van der Waals surface area contributed by atoms with Gasteiger partial charge in [-0.15, -0.1) is 0 Å². The second-order valence-corrected chi connectivity index (χ2v) is 8.52. The van der Waals surface area contributed by atoms with Crippen molar-refractivity contribution < 1.29 is 18.8 Å². The third-order valence-electron chi connectivity index (χ3n) is 5.78. The van der Waals surface area contributed by atoms with E-state index in [1.54, 1.807) is 26.4 Å². The number of benzene rings is 2. The van der Waals surface area contributed by atoms with Crippen LogP contribution in [0.4, 0.5) is 5.69 Å². The summed E-state index contributed by atoms with van der Waals surface area (Å²) in [6.45, 7) is 3.91. The van der Waals surface area contributed by atoms with Gasteiger partial charge in [0.05, 0.1) is 26.7 Å². The average Bonchev–Trinajstić information content (AvgIpc) is 3.29. The number of hydrogen-bond acceptors (Lipinski definition) is 7. The van der Waals surface area contributed by atoms with Gasteiger partial charge in [-0.05, 0) is 62.2 Å². The van der Waals surface area contributed by atoms with Gasteiger partial charge in [-0.25, -0.2) is 0 Å². The molecule has 33 heavy (non-hydrogen) atoms. The third-order valence-corrected chi connectivity index (χ3v) is 6.19. The van der Waals surface area contributed by atoms with Crippen molar-refractivity contribution in [3.05, 3.63) is 52.9 Å². The molecule has 4 rings (SSSR count). The van der Waals surface area contributed by atoms with Gasteiger partial charge in [0.25, 0.3) is 0 Å². The van der Waals surface area contributed by atoms with Crippen molar-refractivity contribution in [2.75, 3.05) is 32.6 Å². The quantitative estimate of drug-likeness (QED) is 0.541. The van der Waals surface area contributed by atoms with Crippen molar-refractivity contribution in [1.82, 2.24) is 15.0 Å².